The molecule has 2 N–H and O–H groups in total. The molecule has 2 aliphatic rings. The van der Waals surface area contributed by atoms with Gasteiger partial charge in [0.15, 0.2) is 0 Å². The van der Waals surface area contributed by atoms with E-state index in [9.17, 15) is 14.9 Å². The maximum Gasteiger partial charge on any atom is 0.254 e. The summed E-state index contributed by atoms with van der Waals surface area (Å²) in [4.78, 5) is 26.7. The highest BCUT2D eigenvalue weighted by atomic mass is 16.5. The Balaban J connectivity index is 1.52. The molecule has 3 atom stereocenters. The van der Waals surface area contributed by atoms with Gasteiger partial charge in [-0.25, -0.2) is 0 Å². The number of benzene rings is 1. The second-order valence-electron chi connectivity index (χ2n) is 8.03. The highest BCUT2D eigenvalue weighted by Gasteiger charge is 2.42. The van der Waals surface area contributed by atoms with Gasteiger partial charge in [-0.15, -0.1) is 0 Å². The molecule has 0 radical (unpaired) electrons. The number of nitriles is 1. The molecule has 28 heavy (non-hydrogen) atoms. The topological polar surface area (TPSA) is 94.5 Å². The van der Waals surface area contributed by atoms with E-state index < -0.39 is 5.54 Å². The lowest BCUT2D eigenvalue weighted by molar-refractivity contribution is -0.120. The van der Waals surface area contributed by atoms with Crippen LogP contribution >= 0.6 is 0 Å². The summed E-state index contributed by atoms with van der Waals surface area (Å²) >= 11 is 0. The third-order valence-electron chi connectivity index (χ3n) is 5.32. The van der Waals surface area contributed by atoms with Gasteiger partial charge in [-0.1, -0.05) is 0 Å². The van der Waals surface area contributed by atoms with Crippen LogP contribution in [0.15, 0.2) is 24.3 Å². The van der Waals surface area contributed by atoms with Crippen molar-refractivity contribution >= 4 is 17.5 Å². The van der Waals surface area contributed by atoms with Crippen LogP contribution in [0.1, 0.15) is 44.0 Å². The number of rotatable bonds is 6. The van der Waals surface area contributed by atoms with E-state index in [0.717, 1.165) is 18.5 Å². The molecule has 2 fully saturated rings. The first-order valence-corrected chi connectivity index (χ1v) is 9.81. The SMILES string of the molecule is CC1CN(C(=O)c2ccc(NCC(=O)NC(C)(C#N)C3CC3)cc2)CC(C)O1. The quantitative estimate of drug-likeness (QED) is 0.784. The first-order valence-electron chi connectivity index (χ1n) is 9.81. The van der Waals surface area contributed by atoms with Crippen molar-refractivity contribution in [1.82, 2.24) is 10.2 Å². The molecule has 0 spiro atoms. The molecule has 3 unspecified atom stereocenters. The van der Waals surface area contributed by atoms with Crippen molar-refractivity contribution in [3.8, 4) is 6.07 Å². The number of carbonyl (C=O) groups is 2. The number of nitrogens with zero attached hydrogens (tertiary/aromatic N) is 2. The van der Waals surface area contributed by atoms with Crippen molar-refractivity contribution in [3.05, 3.63) is 29.8 Å². The van der Waals surface area contributed by atoms with Crippen LogP contribution in [-0.4, -0.2) is 54.1 Å². The lowest BCUT2D eigenvalue weighted by Gasteiger charge is -2.35. The molecule has 0 aromatic heterocycles. The van der Waals surface area contributed by atoms with Crippen LogP contribution in [-0.2, 0) is 9.53 Å². The Bertz CT molecular complexity index is 759. The summed E-state index contributed by atoms with van der Waals surface area (Å²) in [5.41, 5.74) is 0.573. The molecule has 1 aromatic rings. The Hall–Kier alpha value is -2.59. The number of hydrogen-bond acceptors (Lipinski definition) is 5. The van der Waals surface area contributed by atoms with Crippen LogP contribution in [0.5, 0.6) is 0 Å². The molecule has 1 aliphatic heterocycles. The summed E-state index contributed by atoms with van der Waals surface area (Å²) in [5.74, 6) is 0.0188. The Labute approximate surface area is 166 Å². The monoisotopic (exact) mass is 384 g/mol. The molecule has 7 heteroatoms. The van der Waals surface area contributed by atoms with E-state index in [1.165, 1.54) is 0 Å². The fraction of sp³-hybridized carbons (Fsp3) is 0.571. The third-order valence-corrected chi connectivity index (χ3v) is 5.32. The van der Waals surface area contributed by atoms with Gasteiger partial charge in [0.05, 0.1) is 24.8 Å². The average molecular weight is 384 g/mol. The molecule has 1 saturated heterocycles. The molecule has 0 bridgehead atoms. The van der Waals surface area contributed by atoms with E-state index in [1.54, 1.807) is 31.2 Å². The van der Waals surface area contributed by atoms with Gasteiger partial charge in [-0.2, -0.15) is 5.26 Å². The molecule has 3 rings (SSSR count). The van der Waals surface area contributed by atoms with E-state index in [1.807, 2.05) is 18.7 Å². The number of morpholine rings is 1. The van der Waals surface area contributed by atoms with Gasteiger partial charge in [0, 0.05) is 24.3 Å². The zero-order chi connectivity index (χ0) is 20.3. The summed E-state index contributed by atoms with van der Waals surface area (Å²) in [7, 11) is 0. The van der Waals surface area contributed by atoms with Gasteiger partial charge >= 0.3 is 0 Å². The summed E-state index contributed by atoms with van der Waals surface area (Å²) in [6.45, 7) is 6.96. The zero-order valence-electron chi connectivity index (χ0n) is 16.7. The number of carbonyl (C=O) groups excluding carboxylic acids is 2. The van der Waals surface area contributed by atoms with Crippen LogP contribution in [0.3, 0.4) is 0 Å². The number of anilines is 1. The van der Waals surface area contributed by atoms with Crippen molar-refractivity contribution in [1.29, 1.82) is 5.26 Å². The second kappa shape index (κ2) is 8.19. The van der Waals surface area contributed by atoms with E-state index in [4.69, 9.17) is 4.74 Å². The van der Waals surface area contributed by atoms with Crippen LogP contribution < -0.4 is 10.6 Å². The fourth-order valence-corrected chi connectivity index (χ4v) is 3.66. The largest absolute Gasteiger partial charge is 0.376 e. The standard InChI is InChI=1S/C21H28N4O3/c1-14-11-25(12-15(2)28-14)20(27)16-4-8-18(9-5-16)23-10-19(26)24-21(3,13-22)17-6-7-17/h4-5,8-9,14-15,17,23H,6-7,10-12H2,1-3H3,(H,24,26). The van der Waals surface area contributed by atoms with Gasteiger partial charge in [-0.05, 0) is 63.8 Å². The predicted octanol–water partition coefficient (Wildman–Crippen LogP) is 2.16. The maximum atomic E-state index is 12.7. The average Bonchev–Trinajstić information content (AvgIpc) is 3.51. The molecule has 7 nitrogen and oxygen atoms in total. The molecular weight excluding hydrogens is 356 g/mol. The van der Waals surface area contributed by atoms with Crippen LogP contribution in [0.2, 0.25) is 0 Å². The highest BCUT2D eigenvalue weighted by Crippen LogP contribution is 2.39. The van der Waals surface area contributed by atoms with Crippen LogP contribution in [0.4, 0.5) is 5.69 Å². The number of amides is 2. The summed E-state index contributed by atoms with van der Waals surface area (Å²) < 4.78 is 5.68. The van der Waals surface area contributed by atoms with Gasteiger partial charge in [0.1, 0.15) is 5.54 Å². The number of hydrogen-bond donors (Lipinski definition) is 2. The van der Waals surface area contributed by atoms with E-state index in [0.29, 0.717) is 18.7 Å². The van der Waals surface area contributed by atoms with Gasteiger partial charge < -0.3 is 20.3 Å². The molecular formula is C21H28N4O3. The van der Waals surface area contributed by atoms with E-state index in [-0.39, 0.29) is 36.5 Å². The maximum absolute atomic E-state index is 12.7. The first-order chi connectivity index (χ1) is 13.3. The Kier molecular flexibility index (Phi) is 5.90. The summed E-state index contributed by atoms with van der Waals surface area (Å²) in [6, 6.07) is 9.32. The Morgan fingerprint density at radius 2 is 1.82 bits per heavy atom. The van der Waals surface area contributed by atoms with Gasteiger partial charge in [0.25, 0.3) is 5.91 Å². The Morgan fingerprint density at radius 3 is 2.36 bits per heavy atom. The Morgan fingerprint density at radius 1 is 1.21 bits per heavy atom. The van der Waals surface area contributed by atoms with Crippen molar-refractivity contribution in [2.75, 3.05) is 25.0 Å². The number of nitrogens with one attached hydrogen (secondary N) is 2. The molecule has 150 valence electrons. The van der Waals surface area contributed by atoms with E-state index in [2.05, 4.69) is 16.7 Å². The smallest absolute Gasteiger partial charge is 0.254 e. The first kappa shape index (κ1) is 20.2. The van der Waals surface area contributed by atoms with Crippen molar-refractivity contribution < 1.29 is 14.3 Å². The minimum Gasteiger partial charge on any atom is -0.376 e. The zero-order valence-corrected chi connectivity index (χ0v) is 16.7. The van der Waals surface area contributed by atoms with Crippen molar-refractivity contribution in [2.45, 2.75) is 51.4 Å². The predicted molar refractivity (Wildman–Crippen MR) is 106 cm³/mol. The van der Waals surface area contributed by atoms with E-state index >= 15 is 0 Å². The minimum absolute atomic E-state index is 0.0134. The molecule has 1 heterocycles. The minimum atomic E-state index is -0.790. The summed E-state index contributed by atoms with van der Waals surface area (Å²) in [6.07, 6.45) is 2.02. The molecule has 1 saturated carbocycles. The summed E-state index contributed by atoms with van der Waals surface area (Å²) in [5, 5.41) is 15.2. The lowest BCUT2D eigenvalue weighted by atomic mass is 9.98. The third kappa shape index (κ3) is 4.82. The van der Waals surface area contributed by atoms with Crippen LogP contribution in [0.25, 0.3) is 0 Å². The molecule has 2 amide bonds. The molecule has 1 aliphatic carbocycles. The fourth-order valence-electron chi connectivity index (χ4n) is 3.66. The van der Waals surface area contributed by atoms with Gasteiger partial charge in [-0.3, -0.25) is 9.59 Å². The molecule has 1 aromatic carbocycles. The van der Waals surface area contributed by atoms with Crippen molar-refractivity contribution in [2.24, 2.45) is 5.92 Å². The normalized spacial score (nSPS) is 24.0. The number of ether oxygens (including phenoxy) is 1. The van der Waals surface area contributed by atoms with Gasteiger partial charge in [0.2, 0.25) is 5.91 Å². The van der Waals surface area contributed by atoms with Crippen molar-refractivity contribution in [3.63, 3.8) is 0 Å². The highest BCUT2D eigenvalue weighted by molar-refractivity contribution is 5.94. The lowest BCUT2D eigenvalue weighted by Crippen LogP contribution is -2.48. The van der Waals surface area contributed by atoms with Crippen LogP contribution in [0, 0.1) is 17.2 Å². The second-order valence-corrected chi connectivity index (χ2v) is 8.03.